The topological polar surface area (TPSA) is 51.2 Å². The Morgan fingerprint density at radius 3 is 2.58 bits per heavy atom. The predicted molar refractivity (Wildman–Crippen MR) is 148 cm³/mol. The molecule has 4 heteroatoms. The molecule has 4 aromatic rings. The molecule has 0 spiro atoms. The number of nitrogens with one attached hydrogen (secondary N) is 1. The Labute approximate surface area is 213 Å². The first kappa shape index (κ1) is 24.9. The highest BCUT2D eigenvalue weighted by Crippen LogP contribution is 2.28. The highest BCUT2D eigenvalue weighted by atomic mass is 16.5. The molecule has 1 N–H and O–H groups in total. The molecule has 0 aliphatic rings. The van der Waals surface area contributed by atoms with E-state index < -0.39 is 0 Å². The maximum absolute atomic E-state index is 12.5. The van der Waals surface area contributed by atoms with Crippen molar-refractivity contribution in [2.75, 3.05) is 7.11 Å². The van der Waals surface area contributed by atoms with Crippen molar-refractivity contribution in [3.8, 4) is 5.75 Å². The third kappa shape index (κ3) is 6.92. The Morgan fingerprint density at radius 1 is 0.972 bits per heavy atom. The second kappa shape index (κ2) is 12.5. The lowest BCUT2D eigenvalue weighted by molar-refractivity contribution is -0.117. The second-order valence-corrected chi connectivity index (χ2v) is 8.90. The fraction of sp³-hybridized carbons (Fsp3) is 0.188. The van der Waals surface area contributed by atoms with E-state index in [0.717, 1.165) is 52.5 Å². The molecule has 182 valence electrons. The number of hydrogen-bond donors (Lipinski definition) is 1. The zero-order valence-corrected chi connectivity index (χ0v) is 20.9. The molecule has 0 aliphatic carbocycles. The summed E-state index contributed by atoms with van der Waals surface area (Å²) in [5.41, 5.74) is 4.44. The number of ether oxygens (including phenoxy) is 1. The van der Waals surface area contributed by atoms with Crippen molar-refractivity contribution < 1.29 is 9.53 Å². The number of methoxy groups -OCH3 is 1. The van der Waals surface area contributed by atoms with Crippen molar-refractivity contribution >= 4 is 22.3 Å². The Morgan fingerprint density at radius 2 is 1.81 bits per heavy atom. The highest BCUT2D eigenvalue weighted by molar-refractivity contribution is 5.92. The van der Waals surface area contributed by atoms with Crippen LogP contribution >= 0.6 is 0 Å². The smallest absolute Gasteiger partial charge is 0.244 e. The first-order valence-corrected chi connectivity index (χ1v) is 12.3. The van der Waals surface area contributed by atoms with Gasteiger partial charge >= 0.3 is 0 Å². The van der Waals surface area contributed by atoms with Crippen molar-refractivity contribution in [3.63, 3.8) is 0 Å². The summed E-state index contributed by atoms with van der Waals surface area (Å²) in [5.74, 6) is 0.742. The molecule has 1 heterocycles. The molecule has 0 bridgehead atoms. The van der Waals surface area contributed by atoms with Gasteiger partial charge in [-0.3, -0.25) is 9.78 Å². The van der Waals surface area contributed by atoms with Crippen LogP contribution in [0.4, 0.5) is 0 Å². The van der Waals surface area contributed by atoms with Gasteiger partial charge in [-0.15, -0.1) is 0 Å². The average molecular weight is 477 g/mol. The van der Waals surface area contributed by atoms with Gasteiger partial charge in [0.1, 0.15) is 5.75 Å². The van der Waals surface area contributed by atoms with Crippen LogP contribution in [0, 0.1) is 0 Å². The third-order valence-corrected chi connectivity index (χ3v) is 6.17. The number of rotatable bonds is 10. The third-order valence-electron chi connectivity index (χ3n) is 6.17. The quantitative estimate of drug-likeness (QED) is 0.203. The van der Waals surface area contributed by atoms with Crippen molar-refractivity contribution in [2.45, 2.75) is 32.2 Å². The number of pyridine rings is 1. The molecule has 0 fully saturated rings. The van der Waals surface area contributed by atoms with Crippen LogP contribution in [0.1, 0.15) is 36.5 Å². The van der Waals surface area contributed by atoms with E-state index in [4.69, 9.17) is 4.74 Å². The van der Waals surface area contributed by atoms with Gasteiger partial charge in [0, 0.05) is 24.5 Å². The van der Waals surface area contributed by atoms with E-state index in [-0.39, 0.29) is 11.9 Å². The van der Waals surface area contributed by atoms with Gasteiger partial charge in [0.25, 0.3) is 0 Å². The second-order valence-electron chi connectivity index (χ2n) is 8.90. The fourth-order valence-corrected chi connectivity index (χ4v) is 4.25. The van der Waals surface area contributed by atoms with Crippen LogP contribution < -0.4 is 10.1 Å². The molecule has 4 rings (SSSR count). The molecule has 0 unspecified atom stereocenters. The summed E-state index contributed by atoms with van der Waals surface area (Å²) in [6.45, 7) is 2.05. The number of allylic oxidation sites excluding steroid dienone is 2. The lowest BCUT2D eigenvalue weighted by Gasteiger charge is -2.12. The number of carbonyl (C=O) groups excluding carboxylic acids is 1. The van der Waals surface area contributed by atoms with E-state index in [1.54, 1.807) is 19.4 Å². The van der Waals surface area contributed by atoms with Gasteiger partial charge in [-0.25, -0.2) is 0 Å². The molecular weight excluding hydrogens is 444 g/mol. The maximum Gasteiger partial charge on any atom is 0.244 e. The predicted octanol–water partition coefficient (Wildman–Crippen LogP) is 6.76. The molecule has 36 heavy (non-hydrogen) atoms. The molecule has 1 amide bonds. The van der Waals surface area contributed by atoms with Crippen molar-refractivity contribution in [3.05, 3.63) is 126 Å². The minimum atomic E-state index is -0.0872. The van der Waals surface area contributed by atoms with E-state index in [1.807, 2.05) is 61.7 Å². The van der Waals surface area contributed by atoms with E-state index in [9.17, 15) is 4.79 Å². The Hall–Kier alpha value is -4.18. The Kier molecular flexibility index (Phi) is 8.66. The molecule has 0 aliphatic heterocycles. The summed E-state index contributed by atoms with van der Waals surface area (Å²) in [7, 11) is 1.68. The van der Waals surface area contributed by atoms with Gasteiger partial charge in [-0.2, -0.15) is 0 Å². The van der Waals surface area contributed by atoms with Crippen LogP contribution in [0.15, 0.2) is 109 Å². The van der Waals surface area contributed by atoms with Gasteiger partial charge < -0.3 is 10.1 Å². The summed E-state index contributed by atoms with van der Waals surface area (Å²) < 4.78 is 5.40. The average Bonchev–Trinajstić information content (AvgIpc) is 2.91. The van der Waals surface area contributed by atoms with E-state index in [0.29, 0.717) is 0 Å². The molecule has 0 radical (unpaired) electrons. The minimum Gasteiger partial charge on any atom is -0.497 e. The zero-order chi connectivity index (χ0) is 25.2. The number of amides is 1. The standard InChI is InChI=1S/C32H32N2O2/c1-24(9-6-10-25-11-8-20-33-23-25)34-32(35)15-7-14-31(27-12-4-3-5-13-27)28-17-16-26-18-19-30(36-2)22-29(26)21-28/h3-5,7-8,11-24H,6,9-10H2,1-2H3,(H,34,35)/t24-/m1/s1. The summed E-state index contributed by atoms with van der Waals surface area (Å²) in [6.07, 6.45) is 12.0. The van der Waals surface area contributed by atoms with Crippen molar-refractivity contribution in [1.82, 2.24) is 10.3 Å². The normalized spacial score (nSPS) is 12.6. The van der Waals surface area contributed by atoms with E-state index in [1.165, 1.54) is 5.56 Å². The first-order chi connectivity index (χ1) is 17.6. The molecule has 1 aromatic heterocycles. The number of hydrogen-bond acceptors (Lipinski definition) is 3. The zero-order valence-electron chi connectivity index (χ0n) is 20.9. The van der Waals surface area contributed by atoms with Gasteiger partial charge in [0.05, 0.1) is 7.11 Å². The molecule has 1 atom stereocenters. The van der Waals surface area contributed by atoms with Gasteiger partial charge in [0.15, 0.2) is 0 Å². The summed E-state index contributed by atoms with van der Waals surface area (Å²) in [5, 5.41) is 5.33. The number of aryl methyl sites for hydroxylation is 1. The van der Waals surface area contributed by atoms with Crippen LogP contribution in [-0.4, -0.2) is 24.0 Å². The van der Waals surface area contributed by atoms with E-state index in [2.05, 4.69) is 52.8 Å². The van der Waals surface area contributed by atoms with Gasteiger partial charge in [-0.05, 0) is 83.5 Å². The monoisotopic (exact) mass is 476 g/mol. The number of carbonyl (C=O) groups is 1. The maximum atomic E-state index is 12.5. The summed E-state index contributed by atoms with van der Waals surface area (Å²) >= 11 is 0. The van der Waals surface area contributed by atoms with Gasteiger partial charge in [-0.1, -0.05) is 66.7 Å². The van der Waals surface area contributed by atoms with Crippen LogP contribution in [0.25, 0.3) is 16.3 Å². The summed E-state index contributed by atoms with van der Waals surface area (Å²) in [4.78, 5) is 16.7. The molecule has 0 saturated heterocycles. The highest BCUT2D eigenvalue weighted by Gasteiger charge is 2.07. The van der Waals surface area contributed by atoms with Crippen LogP contribution in [0.2, 0.25) is 0 Å². The lowest BCUT2D eigenvalue weighted by Crippen LogP contribution is -2.31. The van der Waals surface area contributed by atoms with Gasteiger partial charge in [0.2, 0.25) is 5.91 Å². The summed E-state index contributed by atoms with van der Waals surface area (Å²) in [6, 6.07) is 26.8. The van der Waals surface area contributed by atoms with Crippen LogP contribution in [0.3, 0.4) is 0 Å². The lowest BCUT2D eigenvalue weighted by atomic mass is 9.95. The first-order valence-electron chi connectivity index (χ1n) is 12.3. The molecule has 0 saturated carbocycles. The number of aromatic nitrogens is 1. The van der Waals surface area contributed by atoms with Crippen LogP contribution in [0.5, 0.6) is 5.75 Å². The fourth-order valence-electron chi connectivity index (χ4n) is 4.25. The largest absolute Gasteiger partial charge is 0.497 e. The Bertz CT molecular complexity index is 1340. The van der Waals surface area contributed by atoms with Crippen molar-refractivity contribution in [1.29, 1.82) is 0 Å². The number of nitrogens with zero attached hydrogens (tertiary/aromatic N) is 1. The van der Waals surface area contributed by atoms with E-state index >= 15 is 0 Å². The SMILES string of the molecule is COc1ccc2ccc(C(=CC=CC(=O)N[C@H](C)CCCc3cccnc3)c3ccccc3)cc2c1. The minimum absolute atomic E-state index is 0.0872. The molecular formula is C32H32N2O2. The molecule has 4 nitrogen and oxygen atoms in total. The number of fused-ring (bicyclic) bond motifs is 1. The number of benzene rings is 3. The Balaban J connectivity index is 1.45. The van der Waals surface area contributed by atoms with Crippen molar-refractivity contribution in [2.24, 2.45) is 0 Å². The van der Waals surface area contributed by atoms with Crippen LogP contribution in [-0.2, 0) is 11.2 Å². The molecule has 3 aromatic carbocycles.